The first-order valence-corrected chi connectivity index (χ1v) is 4.58. The standard InChI is InChI=1S/C10H13F3N2/c11-10(12,13)7-9(15-14)6-8-4-2-1-3-5-8/h1-5,9,15H,6-7,14H2. The summed E-state index contributed by atoms with van der Waals surface area (Å²) in [6.07, 6.45) is -4.83. The van der Waals surface area contributed by atoms with Gasteiger partial charge in [0.25, 0.3) is 0 Å². The molecule has 0 fully saturated rings. The van der Waals surface area contributed by atoms with Crippen molar-refractivity contribution in [2.75, 3.05) is 0 Å². The number of hydrogen-bond acceptors (Lipinski definition) is 2. The lowest BCUT2D eigenvalue weighted by Gasteiger charge is -2.17. The van der Waals surface area contributed by atoms with Crippen LogP contribution in [-0.2, 0) is 6.42 Å². The van der Waals surface area contributed by atoms with E-state index in [2.05, 4.69) is 5.43 Å². The SMILES string of the molecule is NNC(Cc1ccccc1)CC(F)(F)F. The Morgan fingerprint density at radius 2 is 1.80 bits per heavy atom. The Balaban J connectivity index is 2.55. The number of hydrogen-bond donors (Lipinski definition) is 2. The first-order valence-electron chi connectivity index (χ1n) is 4.58. The van der Waals surface area contributed by atoms with Gasteiger partial charge >= 0.3 is 6.18 Å². The molecule has 15 heavy (non-hydrogen) atoms. The van der Waals surface area contributed by atoms with E-state index >= 15 is 0 Å². The van der Waals surface area contributed by atoms with Crippen LogP contribution in [0.5, 0.6) is 0 Å². The van der Waals surface area contributed by atoms with Gasteiger partial charge in [0.15, 0.2) is 0 Å². The molecule has 1 unspecified atom stereocenters. The lowest BCUT2D eigenvalue weighted by atomic mass is 10.0. The summed E-state index contributed by atoms with van der Waals surface area (Å²) in [4.78, 5) is 0. The Labute approximate surface area is 86.2 Å². The molecule has 1 aromatic carbocycles. The van der Waals surface area contributed by atoms with Crippen molar-refractivity contribution in [3.05, 3.63) is 35.9 Å². The van der Waals surface area contributed by atoms with E-state index in [0.29, 0.717) is 0 Å². The summed E-state index contributed by atoms with van der Waals surface area (Å²) in [6.45, 7) is 0. The van der Waals surface area contributed by atoms with Crippen LogP contribution in [0.2, 0.25) is 0 Å². The number of nitrogens with one attached hydrogen (secondary N) is 1. The second-order valence-electron chi connectivity index (χ2n) is 3.37. The smallest absolute Gasteiger partial charge is 0.271 e. The molecule has 0 saturated heterocycles. The zero-order valence-corrected chi connectivity index (χ0v) is 8.09. The molecule has 0 saturated carbocycles. The van der Waals surface area contributed by atoms with Crippen molar-refractivity contribution in [3.8, 4) is 0 Å². The van der Waals surface area contributed by atoms with Crippen LogP contribution >= 0.6 is 0 Å². The molecule has 0 amide bonds. The van der Waals surface area contributed by atoms with Crippen LogP contribution in [0, 0.1) is 0 Å². The van der Waals surface area contributed by atoms with E-state index in [9.17, 15) is 13.2 Å². The predicted molar refractivity (Wildman–Crippen MR) is 51.9 cm³/mol. The van der Waals surface area contributed by atoms with E-state index in [4.69, 9.17) is 5.84 Å². The second-order valence-corrected chi connectivity index (χ2v) is 3.37. The molecular weight excluding hydrogens is 205 g/mol. The molecule has 0 radical (unpaired) electrons. The molecule has 0 spiro atoms. The van der Waals surface area contributed by atoms with Gasteiger partial charge in [-0.05, 0) is 12.0 Å². The van der Waals surface area contributed by atoms with Crippen molar-refractivity contribution in [3.63, 3.8) is 0 Å². The highest BCUT2D eigenvalue weighted by Crippen LogP contribution is 2.22. The number of benzene rings is 1. The van der Waals surface area contributed by atoms with Crippen LogP contribution in [0.15, 0.2) is 30.3 Å². The minimum atomic E-state index is -4.19. The Morgan fingerprint density at radius 3 is 2.27 bits per heavy atom. The third kappa shape index (κ3) is 4.80. The van der Waals surface area contributed by atoms with Gasteiger partial charge in [-0.2, -0.15) is 13.2 Å². The fourth-order valence-corrected chi connectivity index (χ4v) is 1.37. The number of alkyl halides is 3. The van der Waals surface area contributed by atoms with E-state index in [1.807, 2.05) is 6.07 Å². The monoisotopic (exact) mass is 218 g/mol. The number of rotatable bonds is 4. The fourth-order valence-electron chi connectivity index (χ4n) is 1.37. The average Bonchev–Trinajstić information content (AvgIpc) is 2.16. The third-order valence-electron chi connectivity index (χ3n) is 2.04. The second kappa shape index (κ2) is 5.14. The van der Waals surface area contributed by atoms with Gasteiger partial charge in [-0.1, -0.05) is 30.3 Å². The van der Waals surface area contributed by atoms with Gasteiger partial charge in [0.05, 0.1) is 6.42 Å². The molecule has 0 bridgehead atoms. The van der Waals surface area contributed by atoms with Gasteiger partial charge in [0.1, 0.15) is 0 Å². The van der Waals surface area contributed by atoms with E-state index in [0.717, 1.165) is 5.56 Å². The van der Waals surface area contributed by atoms with E-state index in [1.54, 1.807) is 24.3 Å². The maximum atomic E-state index is 12.1. The van der Waals surface area contributed by atoms with E-state index in [1.165, 1.54) is 0 Å². The molecule has 5 heteroatoms. The molecule has 0 aromatic heterocycles. The summed E-state index contributed by atoms with van der Waals surface area (Å²) in [7, 11) is 0. The number of halogens is 3. The van der Waals surface area contributed by atoms with Crippen molar-refractivity contribution >= 4 is 0 Å². The molecule has 84 valence electrons. The molecule has 1 aromatic rings. The van der Waals surface area contributed by atoms with Crippen LogP contribution < -0.4 is 11.3 Å². The zero-order valence-electron chi connectivity index (χ0n) is 8.09. The molecule has 2 nitrogen and oxygen atoms in total. The van der Waals surface area contributed by atoms with Gasteiger partial charge in [-0.15, -0.1) is 0 Å². The summed E-state index contributed by atoms with van der Waals surface area (Å²) in [5.74, 6) is 5.08. The van der Waals surface area contributed by atoms with E-state index < -0.39 is 18.6 Å². The summed E-state index contributed by atoms with van der Waals surface area (Å²) >= 11 is 0. The van der Waals surface area contributed by atoms with Crippen LogP contribution in [-0.4, -0.2) is 12.2 Å². The van der Waals surface area contributed by atoms with Gasteiger partial charge in [0, 0.05) is 6.04 Å². The van der Waals surface area contributed by atoms with Crippen molar-refractivity contribution < 1.29 is 13.2 Å². The highest BCUT2D eigenvalue weighted by molar-refractivity contribution is 5.15. The van der Waals surface area contributed by atoms with Crippen LogP contribution in [0.25, 0.3) is 0 Å². The Kier molecular flexibility index (Phi) is 4.11. The van der Waals surface area contributed by atoms with Crippen molar-refractivity contribution in [2.24, 2.45) is 5.84 Å². The zero-order chi connectivity index (χ0) is 11.3. The van der Waals surface area contributed by atoms with Gasteiger partial charge in [-0.25, -0.2) is 0 Å². The molecule has 0 aliphatic carbocycles. The summed E-state index contributed by atoms with van der Waals surface area (Å²) < 4.78 is 36.3. The van der Waals surface area contributed by atoms with Crippen LogP contribution in [0.4, 0.5) is 13.2 Å². The molecule has 1 atom stereocenters. The van der Waals surface area contributed by atoms with Crippen LogP contribution in [0.3, 0.4) is 0 Å². The molecule has 0 heterocycles. The normalized spacial score (nSPS) is 13.9. The highest BCUT2D eigenvalue weighted by atomic mass is 19.4. The molecule has 0 aliphatic heterocycles. The highest BCUT2D eigenvalue weighted by Gasteiger charge is 2.31. The Bertz CT molecular complexity index is 284. The lowest BCUT2D eigenvalue weighted by molar-refractivity contribution is -0.140. The molecule has 0 aliphatic rings. The van der Waals surface area contributed by atoms with E-state index in [-0.39, 0.29) is 6.42 Å². The first-order chi connectivity index (χ1) is 7.01. The molecule has 1 rings (SSSR count). The minimum Gasteiger partial charge on any atom is -0.271 e. The Hall–Kier alpha value is -1.07. The van der Waals surface area contributed by atoms with Gasteiger partial charge in [0.2, 0.25) is 0 Å². The van der Waals surface area contributed by atoms with Gasteiger partial charge in [-0.3, -0.25) is 11.3 Å². The Morgan fingerprint density at radius 1 is 1.20 bits per heavy atom. The summed E-state index contributed by atoms with van der Waals surface area (Å²) in [5.41, 5.74) is 3.02. The fraction of sp³-hybridized carbons (Fsp3) is 0.400. The minimum absolute atomic E-state index is 0.275. The van der Waals surface area contributed by atoms with Crippen molar-refractivity contribution in [2.45, 2.75) is 25.1 Å². The quantitative estimate of drug-likeness (QED) is 0.599. The topological polar surface area (TPSA) is 38.0 Å². The van der Waals surface area contributed by atoms with Crippen LogP contribution in [0.1, 0.15) is 12.0 Å². The number of nitrogens with two attached hydrogens (primary N) is 1. The molecular formula is C10H13F3N2. The lowest BCUT2D eigenvalue weighted by Crippen LogP contribution is -2.40. The largest absolute Gasteiger partial charge is 0.390 e. The number of hydrazine groups is 1. The van der Waals surface area contributed by atoms with Crippen molar-refractivity contribution in [1.82, 2.24) is 5.43 Å². The first kappa shape index (κ1) is 12.0. The van der Waals surface area contributed by atoms with Gasteiger partial charge < -0.3 is 0 Å². The molecule has 3 N–H and O–H groups in total. The summed E-state index contributed by atoms with van der Waals surface area (Å²) in [6, 6.07) is 8.18. The predicted octanol–water partition coefficient (Wildman–Crippen LogP) is 2.01. The summed E-state index contributed by atoms with van der Waals surface area (Å²) in [5, 5.41) is 0. The maximum Gasteiger partial charge on any atom is 0.390 e. The third-order valence-corrected chi connectivity index (χ3v) is 2.04. The average molecular weight is 218 g/mol. The maximum absolute atomic E-state index is 12.1. The van der Waals surface area contributed by atoms with Crippen molar-refractivity contribution in [1.29, 1.82) is 0 Å².